The number of methoxy groups -OCH3 is 1. The van der Waals surface area contributed by atoms with Crippen molar-refractivity contribution in [3.05, 3.63) is 23.9 Å². The third kappa shape index (κ3) is 4.49. The number of hydrogen-bond donors (Lipinski definition) is 3. The maximum Gasteiger partial charge on any atom is 0.108 e. The van der Waals surface area contributed by atoms with Crippen molar-refractivity contribution in [1.29, 1.82) is 0 Å². The molecule has 0 aromatic carbocycles. The lowest BCUT2D eigenvalue weighted by Gasteiger charge is -2.06. The van der Waals surface area contributed by atoms with E-state index in [9.17, 15) is 0 Å². The van der Waals surface area contributed by atoms with Crippen molar-refractivity contribution in [2.24, 2.45) is 11.5 Å². The SMILES string of the molecule is CO/C=C(N)\C(N)=C\NC(C)C. The number of hydrogen-bond acceptors (Lipinski definition) is 4. The Morgan fingerprint density at radius 3 is 2.33 bits per heavy atom. The summed E-state index contributed by atoms with van der Waals surface area (Å²) >= 11 is 0. The van der Waals surface area contributed by atoms with Crippen LogP contribution in [0.2, 0.25) is 0 Å². The van der Waals surface area contributed by atoms with Gasteiger partial charge in [0.05, 0.1) is 18.5 Å². The molecule has 12 heavy (non-hydrogen) atoms. The van der Waals surface area contributed by atoms with Gasteiger partial charge in [-0.1, -0.05) is 0 Å². The predicted molar refractivity (Wildman–Crippen MR) is 49.8 cm³/mol. The van der Waals surface area contributed by atoms with E-state index in [2.05, 4.69) is 5.32 Å². The monoisotopic (exact) mass is 171 g/mol. The fourth-order valence-electron chi connectivity index (χ4n) is 0.535. The molecule has 0 aliphatic heterocycles. The zero-order chi connectivity index (χ0) is 9.56. The number of ether oxygens (including phenoxy) is 1. The van der Waals surface area contributed by atoms with E-state index in [4.69, 9.17) is 16.2 Å². The molecule has 0 bridgehead atoms. The second kappa shape index (κ2) is 5.35. The van der Waals surface area contributed by atoms with Gasteiger partial charge in [0.15, 0.2) is 0 Å². The number of rotatable bonds is 4. The number of nitrogens with two attached hydrogens (primary N) is 2. The lowest BCUT2D eigenvalue weighted by molar-refractivity contribution is 0.334. The molecule has 0 atom stereocenters. The summed E-state index contributed by atoms with van der Waals surface area (Å²) in [6, 6.07) is 0.346. The van der Waals surface area contributed by atoms with Crippen LogP contribution in [0.25, 0.3) is 0 Å². The topological polar surface area (TPSA) is 73.3 Å². The molecule has 0 aliphatic rings. The fraction of sp³-hybridized carbons (Fsp3) is 0.500. The van der Waals surface area contributed by atoms with E-state index in [1.807, 2.05) is 13.8 Å². The van der Waals surface area contributed by atoms with Crippen LogP contribution in [0.1, 0.15) is 13.8 Å². The summed E-state index contributed by atoms with van der Waals surface area (Å²) in [5.74, 6) is 0. The molecule has 0 saturated heterocycles. The summed E-state index contributed by atoms with van der Waals surface area (Å²) in [6.45, 7) is 4.03. The van der Waals surface area contributed by atoms with Crippen molar-refractivity contribution in [2.75, 3.05) is 7.11 Å². The molecule has 0 rings (SSSR count). The first-order valence-corrected chi connectivity index (χ1v) is 3.78. The van der Waals surface area contributed by atoms with Crippen LogP contribution >= 0.6 is 0 Å². The highest BCUT2D eigenvalue weighted by molar-refractivity contribution is 5.22. The summed E-state index contributed by atoms with van der Waals surface area (Å²) < 4.78 is 4.70. The quantitative estimate of drug-likeness (QED) is 0.418. The van der Waals surface area contributed by atoms with E-state index < -0.39 is 0 Å². The Balaban J connectivity index is 4.08. The molecule has 70 valence electrons. The second-order valence-corrected chi connectivity index (χ2v) is 2.73. The number of nitrogens with one attached hydrogen (secondary N) is 1. The van der Waals surface area contributed by atoms with Crippen molar-refractivity contribution in [3.63, 3.8) is 0 Å². The summed E-state index contributed by atoms with van der Waals surface area (Å²) in [5.41, 5.74) is 12.0. The van der Waals surface area contributed by atoms with E-state index >= 15 is 0 Å². The third-order valence-corrected chi connectivity index (χ3v) is 1.15. The fourth-order valence-corrected chi connectivity index (χ4v) is 0.535. The van der Waals surface area contributed by atoms with Crippen LogP contribution in [-0.4, -0.2) is 13.2 Å². The van der Waals surface area contributed by atoms with E-state index in [0.29, 0.717) is 17.4 Å². The Kier molecular flexibility index (Phi) is 4.76. The molecule has 0 aromatic heterocycles. The summed E-state index contributed by atoms with van der Waals surface area (Å²) in [4.78, 5) is 0. The van der Waals surface area contributed by atoms with Crippen molar-refractivity contribution in [1.82, 2.24) is 5.32 Å². The van der Waals surface area contributed by atoms with E-state index in [1.54, 1.807) is 6.20 Å². The summed E-state index contributed by atoms with van der Waals surface area (Å²) in [7, 11) is 1.52. The Labute approximate surface area is 73.3 Å². The molecule has 4 nitrogen and oxygen atoms in total. The predicted octanol–water partition coefficient (Wildman–Crippen LogP) is 0.231. The zero-order valence-corrected chi connectivity index (χ0v) is 7.79. The Morgan fingerprint density at radius 2 is 1.92 bits per heavy atom. The maximum atomic E-state index is 5.58. The molecule has 0 amide bonds. The average Bonchev–Trinajstić information content (AvgIpc) is 2.00. The molecule has 0 aliphatic carbocycles. The van der Waals surface area contributed by atoms with Gasteiger partial charge in [-0.2, -0.15) is 0 Å². The minimum atomic E-state index is 0.346. The van der Waals surface area contributed by atoms with Gasteiger partial charge in [0.2, 0.25) is 0 Å². The van der Waals surface area contributed by atoms with Gasteiger partial charge in [-0.05, 0) is 13.8 Å². The lowest BCUT2D eigenvalue weighted by atomic mass is 10.3. The standard InChI is InChI=1S/C8H17N3O/c1-6(2)11-4-7(9)8(10)5-12-3/h4-6,11H,9-10H2,1-3H3/b7-4-,8-5+. The van der Waals surface area contributed by atoms with Crippen LogP contribution in [-0.2, 0) is 4.74 Å². The van der Waals surface area contributed by atoms with Gasteiger partial charge >= 0.3 is 0 Å². The minimum absolute atomic E-state index is 0.346. The third-order valence-electron chi connectivity index (χ3n) is 1.15. The molecular weight excluding hydrogens is 154 g/mol. The highest BCUT2D eigenvalue weighted by atomic mass is 16.5. The minimum Gasteiger partial charge on any atom is -0.502 e. The van der Waals surface area contributed by atoms with Gasteiger partial charge in [0.1, 0.15) is 6.26 Å². The largest absolute Gasteiger partial charge is 0.502 e. The van der Waals surface area contributed by atoms with Crippen molar-refractivity contribution < 1.29 is 4.74 Å². The summed E-state index contributed by atoms with van der Waals surface area (Å²) in [5, 5.41) is 3.02. The molecule has 0 saturated carbocycles. The van der Waals surface area contributed by atoms with Crippen molar-refractivity contribution in [3.8, 4) is 0 Å². The van der Waals surface area contributed by atoms with Crippen LogP contribution < -0.4 is 16.8 Å². The van der Waals surface area contributed by atoms with Gasteiger partial charge in [-0.25, -0.2) is 0 Å². The normalized spacial score (nSPS) is 13.3. The van der Waals surface area contributed by atoms with Gasteiger partial charge in [-0.15, -0.1) is 0 Å². The molecule has 0 aromatic rings. The van der Waals surface area contributed by atoms with Crippen molar-refractivity contribution in [2.45, 2.75) is 19.9 Å². The van der Waals surface area contributed by atoms with Crippen LogP contribution in [0.5, 0.6) is 0 Å². The first-order chi connectivity index (χ1) is 5.57. The van der Waals surface area contributed by atoms with Crippen LogP contribution in [0, 0.1) is 0 Å². The van der Waals surface area contributed by atoms with Gasteiger partial charge in [0, 0.05) is 12.2 Å². The zero-order valence-electron chi connectivity index (χ0n) is 7.79. The Hall–Kier alpha value is -1.32. The molecule has 0 fully saturated rings. The highest BCUT2D eigenvalue weighted by Crippen LogP contribution is 1.94. The second-order valence-electron chi connectivity index (χ2n) is 2.73. The highest BCUT2D eigenvalue weighted by Gasteiger charge is 1.94. The lowest BCUT2D eigenvalue weighted by Crippen LogP contribution is -2.20. The molecule has 0 heterocycles. The van der Waals surface area contributed by atoms with Gasteiger partial charge in [-0.3, -0.25) is 0 Å². The Morgan fingerprint density at radius 1 is 1.33 bits per heavy atom. The van der Waals surface area contributed by atoms with Crippen LogP contribution in [0.4, 0.5) is 0 Å². The maximum absolute atomic E-state index is 5.58. The van der Waals surface area contributed by atoms with E-state index in [-0.39, 0.29) is 0 Å². The van der Waals surface area contributed by atoms with Crippen LogP contribution in [0.3, 0.4) is 0 Å². The first-order valence-electron chi connectivity index (χ1n) is 3.78. The molecular formula is C8H17N3O. The molecule has 5 N–H and O–H groups in total. The molecule has 0 radical (unpaired) electrons. The first kappa shape index (κ1) is 10.7. The van der Waals surface area contributed by atoms with Gasteiger partial charge in [0.25, 0.3) is 0 Å². The summed E-state index contributed by atoms with van der Waals surface area (Å²) in [6.07, 6.45) is 3.06. The van der Waals surface area contributed by atoms with Crippen LogP contribution in [0.15, 0.2) is 23.9 Å². The molecule has 4 heteroatoms. The molecule has 0 spiro atoms. The van der Waals surface area contributed by atoms with E-state index in [1.165, 1.54) is 13.4 Å². The smallest absolute Gasteiger partial charge is 0.108 e. The molecule has 0 unspecified atom stereocenters. The average molecular weight is 171 g/mol. The Bertz CT molecular complexity index is 185. The van der Waals surface area contributed by atoms with Gasteiger partial charge < -0.3 is 21.5 Å². The van der Waals surface area contributed by atoms with Crippen molar-refractivity contribution >= 4 is 0 Å². The van der Waals surface area contributed by atoms with E-state index in [0.717, 1.165) is 0 Å².